The first-order valence-electron chi connectivity index (χ1n) is 10.6. The minimum absolute atomic E-state index is 0.0792. The van der Waals surface area contributed by atoms with E-state index in [1.54, 1.807) is 17.1 Å². The van der Waals surface area contributed by atoms with Gasteiger partial charge in [-0.1, -0.05) is 24.3 Å². The molecule has 8 heteroatoms. The highest BCUT2D eigenvalue weighted by Crippen LogP contribution is 2.22. The van der Waals surface area contributed by atoms with Gasteiger partial charge in [-0.2, -0.15) is 5.10 Å². The van der Waals surface area contributed by atoms with E-state index >= 15 is 0 Å². The molecule has 0 aliphatic rings. The number of anilines is 1. The molecule has 0 saturated carbocycles. The summed E-state index contributed by atoms with van der Waals surface area (Å²) in [6.45, 7) is 1.26. The van der Waals surface area contributed by atoms with Crippen LogP contribution in [0.25, 0.3) is 22.3 Å². The minimum atomic E-state index is 0.0792. The van der Waals surface area contributed by atoms with Crippen LogP contribution < -0.4 is 5.32 Å². The highest BCUT2D eigenvalue weighted by Gasteiger charge is 2.09. The molecule has 0 aliphatic carbocycles. The summed E-state index contributed by atoms with van der Waals surface area (Å²) in [4.78, 5) is 12.4. The van der Waals surface area contributed by atoms with E-state index in [4.69, 9.17) is 9.52 Å². The molecule has 0 spiro atoms. The molecule has 1 aromatic carbocycles. The van der Waals surface area contributed by atoms with E-state index in [-0.39, 0.29) is 6.61 Å². The fourth-order valence-electron chi connectivity index (χ4n) is 3.67. The Morgan fingerprint density at radius 1 is 1.06 bits per heavy atom. The lowest BCUT2D eigenvalue weighted by Gasteiger charge is -2.08. The zero-order valence-electron chi connectivity index (χ0n) is 17.5. The molecule has 8 nitrogen and oxygen atoms in total. The molecule has 5 aromatic rings. The summed E-state index contributed by atoms with van der Waals surface area (Å²) in [5, 5.41) is 16.8. The molecule has 4 aromatic heterocycles. The van der Waals surface area contributed by atoms with Gasteiger partial charge in [0.2, 0.25) is 0 Å². The number of furan rings is 1. The SMILES string of the molecule is OCCn1cc(-c2ccc(CNc3ccnc4nc(CCc5ccco5)[nH]c34)cc2)cn1. The summed E-state index contributed by atoms with van der Waals surface area (Å²) < 4.78 is 7.15. The number of pyridine rings is 1. The topological polar surface area (TPSA) is 105 Å². The number of nitrogens with one attached hydrogen (secondary N) is 2. The van der Waals surface area contributed by atoms with E-state index in [1.165, 1.54) is 5.56 Å². The van der Waals surface area contributed by atoms with Crippen molar-refractivity contribution >= 4 is 16.9 Å². The van der Waals surface area contributed by atoms with Crippen LogP contribution in [0.3, 0.4) is 0 Å². The number of benzene rings is 1. The number of nitrogens with zero attached hydrogens (tertiary/aromatic N) is 4. The van der Waals surface area contributed by atoms with Crippen LogP contribution in [0.4, 0.5) is 5.69 Å². The number of fused-ring (bicyclic) bond motifs is 1. The predicted molar refractivity (Wildman–Crippen MR) is 122 cm³/mol. The molecule has 4 heterocycles. The molecule has 3 N–H and O–H groups in total. The molecule has 5 rings (SSSR count). The highest BCUT2D eigenvalue weighted by atomic mass is 16.3. The lowest BCUT2D eigenvalue weighted by molar-refractivity contribution is 0.269. The monoisotopic (exact) mass is 428 g/mol. The average Bonchev–Trinajstić information content (AvgIpc) is 3.57. The number of rotatable bonds is 9. The average molecular weight is 428 g/mol. The summed E-state index contributed by atoms with van der Waals surface area (Å²) in [7, 11) is 0. The van der Waals surface area contributed by atoms with Gasteiger partial charge < -0.3 is 19.8 Å². The molecule has 32 heavy (non-hydrogen) atoms. The van der Waals surface area contributed by atoms with Gasteiger partial charge >= 0.3 is 0 Å². The van der Waals surface area contributed by atoms with E-state index in [0.717, 1.165) is 46.8 Å². The largest absolute Gasteiger partial charge is 0.469 e. The lowest BCUT2D eigenvalue weighted by Crippen LogP contribution is -2.01. The number of aromatic nitrogens is 5. The van der Waals surface area contributed by atoms with E-state index < -0.39 is 0 Å². The van der Waals surface area contributed by atoms with Gasteiger partial charge in [0.25, 0.3) is 0 Å². The number of aliphatic hydroxyl groups is 1. The Morgan fingerprint density at radius 3 is 2.78 bits per heavy atom. The Balaban J connectivity index is 1.25. The van der Waals surface area contributed by atoms with Crippen molar-refractivity contribution in [2.75, 3.05) is 11.9 Å². The van der Waals surface area contributed by atoms with E-state index in [0.29, 0.717) is 18.7 Å². The fraction of sp³-hybridized carbons (Fsp3) is 0.208. The maximum atomic E-state index is 9.04. The molecule has 0 aliphatic heterocycles. The zero-order chi connectivity index (χ0) is 21.8. The number of H-pyrrole nitrogens is 1. The van der Waals surface area contributed by atoms with E-state index in [9.17, 15) is 0 Å². The predicted octanol–water partition coefficient (Wildman–Crippen LogP) is 3.80. The smallest absolute Gasteiger partial charge is 0.179 e. The van der Waals surface area contributed by atoms with Crippen LogP contribution in [-0.2, 0) is 25.9 Å². The molecule has 0 radical (unpaired) electrons. The molecule has 0 bridgehead atoms. The molecular formula is C24H24N6O2. The van der Waals surface area contributed by atoms with E-state index in [1.807, 2.05) is 30.6 Å². The van der Waals surface area contributed by atoms with Gasteiger partial charge in [-0.3, -0.25) is 4.68 Å². The van der Waals surface area contributed by atoms with Gasteiger partial charge in [-0.15, -0.1) is 0 Å². The maximum Gasteiger partial charge on any atom is 0.179 e. The second-order valence-electron chi connectivity index (χ2n) is 7.59. The Kier molecular flexibility index (Phi) is 5.67. The fourth-order valence-corrected chi connectivity index (χ4v) is 3.67. The van der Waals surface area contributed by atoms with Crippen molar-refractivity contribution in [1.29, 1.82) is 0 Å². The first kappa shape index (κ1) is 20.0. The van der Waals surface area contributed by atoms with Crippen molar-refractivity contribution < 1.29 is 9.52 Å². The van der Waals surface area contributed by atoms with Gasteiger partial charge in [-0.05, 0) is 29.3 Å². The highest BCUT2D eigenvalue weighted by molar-refractivity contribution is 5.85. The number of hydrogen-bond donors (Lipinski definition) is 3. The first-order valence-corrected chi connectivity index (χ1v) is 10.6. The van der Waals surface area contributed by atoms with Gasteiger partial charge in [0.15, 0.2) is 5.65 Å². The summed E-state index contributed by atoms with van der Waals surface area (Å²) in [6.07, 6.45) is 8.78. The third-order valence-corrected chi connectivity index (χ3v) is 5.36. The van der Waals surface area contributed by atoms with Crippen LogP contribution in [-0.4, -0.2) is 36.4 Å². The molecule has 0 fully saturated rings. The number of aromatic amines is 1. The summed E-state index contributed by atoms with van der Waals surface area (Å²) in [5.41, 5.74) is 5.89. The Labute approximate surface area is 185 Å². The normalized spacial score (nSPS) is 11.3. The van der Waals surface area contributed by atoms with Crippen LogP contribution in [0.1, 0.15) is 17.1 Å². The summed E-state index contributed by atoms with van der Waals surface area (Å²) in [5.74, 6) is 1.84. The molecule has 0 amide bonds. The Hall–Kier alpha value is -3.91. The Bertz CT molecular complexity index is 1290. The van der Waals surface area contributed by atoms with Crippen molar-refractivity contribution in [2.24, 2.45) is 0 Å². The first-order chi connectivity index (χ1) is 15.8. The maximum absolute atomic E-state index is 9.04. The third-order valence-electron chi connectivity index (χ3n) is 5.36. The lowest BCUT2D eigenvalue weighted by atomic mass is 10.1. The van der Waals surface area contributed by atoms with Crippen molar-refractivity contribution in [3.05, 3.63) is 84.5 Å². The van der Waals surface area contributed by atoms with Gasteiger partial charge in [0.1, 0.15) is 17.1 Å². The Morgan fingerprint density at radius 2 is 1.97 bits per heavy atom. The second kappa shape index (κ2) is 9.07. The van der Waals surface area contributed by atoms with Crippen molar-refractivity contribution in [2.45, 2.75) is 25.9 Å². The molecular weight excluding hydrogens is 404 g/mol. The van der Waals surface area contributed by atoms with Crippen molar-refractivity contribution in [1.82, 2.24) is 24.7 Å². The summed E-state index contributed by atoms with van der Waals surface area (Å²) >= 11 is 0. The van der Waals surface area contributed by atoms with E-state index in [2.05, 4.69) is 49.6 Å². The molecule has 0 unspecified atom stereocenters. The number of aliphatic hydroxyl groups excluding tert-OH is 1. The number of hydrogen-bond acceptors (Lipinski definition) is 6. The van der Waals surface area contributed by atoms with Crippen molar-refractivity contribution in [3.63, 3.8) is 0 Å². The van der Waals surface area contributed by atoms with Gasteiger partial charge in [-0.25, -0.2) is 9.97 Å². The third kappa shape index (κ3) is 4.40. The van der Waals surface area contributed by atoms with Crippen LogP contribution in [0.2, 0.25) is 0 Å². The number of imidazole rings is 1. The van der Waals surface area contributed by atoms with Gasteiger partial charge in [0, 0.05) is 37.3 Å². The molecule has 0 saturated heterocycles. The minimum Gasteiger partial charge on any atom is -0.469 e. The quantitative estimate of drug-likeness (QED) is 0.330. The standard InChI is InChI=1S/C24H24N6O2/c31-12-11-30-16-19(15-27-30)18-5-3-17(4-6-18)14-26-21-9-10-25-24-23(21)28-22(29-24)8-7-20-2-1-13-32-20/h1-6,9-10,13,15-16,31H,7-8,11-12,14H2,(H2,25,26,28,29). The van der Waals surface area contributed by atoms with Crippen LogP contribution in [0, 0.1) is 0 Å². The van der Waals surface area contributed by atoms with Crippen LogP contribution in [0.15, 0.2) is 71.7 Å². The molecule has 162 valence electrons. The van der Waals surface area contributed by atoms with Crippen LogP contribution >= 0.6 is 0 Å². The zero-order valence-corrected chi connectivity index (χ0v) is 17.5. The summed E-state index contributed by atoms with van der Waals surface area (Å²) in [6, 6.07) is 14.2. The second-order valence-corrected chi connectivity index (χ2v) is 7.59. The van der Waals surface area contributed by atoms with Crippen LogP contribution in [0.5, 0.6) is 0 Å². The van der Waals surface area contributed by atoms with Gasteiger partial charge in [0.05, 0.1) is 31.3 Å². The van der Waals surface area contributed by atoms with Crippen molar-refractivity contribution in [3.8, 4) is 11.1 Å². The molecule has 0 atom stereocenters. The number of aryl methyl sites for hydroxylation is 2.